The number of methoxy groups -OCH3 is 1. The van der Waals surface area contributed by atoms with Gasteiger partial charge in [-0.2, -0.15) is 0 Å². The van der Waals surface area contributed by atoms with Crippen molar-refractivity contribution in [1.82, 2.24) is 4.90 Å². The molecule has 0 aliphatic rings. The number of hydrogen-bond acceptors (Lipinski definition) is 3. The van der Waals surface area contributed by atoms with Gasteiger partial charge in [0, 0.05) is 19.3 Å². The molecular formula is C18H23ClN2O2. The Hall–Kier alpha value is -2.20. The van der Waals surface area contributed by atoms with Gasteiger partial charge in [0.15, 0.2) is 0 Å². The molecule has 2 aromatic rings. The van der Waals surface area contributed by atoms with Crippen molar-refractivity contribution in [1.29, 1.82) is 0 Å². The van der Waals surface area contributed by atoms with Gasteiger partial charge in [-0.25, -0.2) is 0 Å². The summed E-state index contributed by atoms with van der Waals surface area (Å²) in [4.78, 5) is 14.2. The molecule has 2 rings (SSSR count). The zero-order chi connectivity index (χ0) is 16.3. The van der Waals surface area contributed by atoms with Gasteiger partial charge < -0.3 is 15.4 Å². The summed E-state index contributed by atoms with van der Waals surface area (Å²) in [5, 5.41) is 0. The van der Waals surface area contributed by atoms with E-state index in [9.17, 15) is 4.79 Å². The first kappa shape index (κ1) is 18.8. The first-order chi connectivity index (χ1) is 10.4. The van der Waals surface area contributed by atoms with Gasteiger partial charge in [-0.1, -0.05) is 24.3 Å². The Kier molecular flexibility index (Phi) is 6.46. The van der Waals surface area contributed by atoms with Gasteiger partial charge in [-0.05, 0) is 42.7 Å². The maximum absolute atomic E-state index is 12.5. The summed E-state index contributed by atoms with van der Waals surface area (Å²) in [6, 6.07) is 11.2. The molecule has 0 radical (unpaired) electrons. The van der Waals surface area contributed by atoms with Crippen molar-refractivity contribution in [3.63, 3.8) is 0 Å². The predicted molar refractivity (Wildman–Crippen MR) is 96.4 cm³/mol. The van der Waals surface area contributed by atoms with Gasteiger partial charge >= 0.3 is 0 Å². The smallest absolute Gasteiger partial charge is 0.255 e. The van der Waals surface area contributed by atoms with Crippen LogP contribution in [-0.4, -0.2) is 25.0 Å². The first-order valence-electron chi connectivity index (χ1n) is 7.18. The number of ether oxygens (including phenoxy) is 1. The summed E-state index contributed by atoms with van der Waals surface area (Å²) < 4.78 is 5.37. The lowest BCUT2D eigenvalue weighted by molar-refractivity contribution is 0.0786. The topological polar surface area (TPSA) is 55.6 Å². The fourth-order valence-electron chi connectivity index (χ4n) is 2.70. The molecule has 0 unspecified atom stereocenters. The molecule has 23 heavy (non-hydrogen) atoms. The Morgan fingerprint density at radius 3 is 2.26 bits per heavy atom. The molecule has 0 bridgehead atoms. The summed E-state index contributed by atoms with van der Waals surface area (Å²) in [5.74, 6) is 0.814. The van der Waals surface area contributed by atoms with Crippen molar-refractivity contribution in [2.75, 3.05) is 19.9 Å². The third-order valence-corrected chi connectivity index (χ3v) is 3.68. The maximum atomic E-state index is 12.5. The SMILES string of the molecule is COc1c(C)cc(CN(C)C(=O)c2ccccc2N)cc1C.Cl. The van der Waals surface area contributed by atoms with Crippen LogP contribution in [0.15, 0.2) is 36.4 Å². The second-order valence-electron chi connectivity index (χ2n) is 5.51. The van der Waals surface area contributed by atoms with Crippen LogP contribution in [0.4, 0.5) is 5.69 Å². The molecule has 0 aliphatic carbocycles. The normalized spacial score (nSPS) is 9.91. The van der Waals surface area contributed by atoms with Gasteiger partial charge in [0.1, 0.15) is 5.75 Å². The van der Waals surface area contributed by atoms with Crippen molar-refractivity contribution in [3.8, 4) is 5.75 Å². The molecule has 0 atom stereocenters. The average Bonchev–Trinajstić information content (AvgIpc) is 2.46. The minimum absolute atomic E-state index is 0. The Bertz CT molecular complexity index is 678. The van der Waals surface area contributed by atoms with Crippen LogP contribution in [0.2, 0.25) is 0 Å². The lowest BCUT2D eigenvalue weighted by Crippen LogP contribution is -2.27. The van der Waals surface area contributed by atoms with Crippen LogP contribution in [0.5, 0.6) is 5.75 Å². The van der Waals surface area contributed by atoms with Crippen LogP contribution in [0.1, 0.15) is 27.0 Å². The van der Waals surface area contributed by atoms with E-state index in [1.54, 1.807) is 31.2 Å². The quantitative estimate of drug-likeness (QED) is 0.869. The van der Waals surface area contributed by atoms with E-state index in [4.69, 9.17) is 10.5 Å². The van der Waals surface area contributed by atoms with E-state index >= 15 is 0 Å². The number of para-hydroxylation sites is 1. The molecule has 1 amide bonds. The number of aryl methyl sites for hydroxylation is 2. The summed E-state index contributed by atoms with van der Waals surface area (Å²) in [6.45, 7) is 4.54. The van der Waals surface area contributed by atoms with E-state index in [1.807, 2.05) is 38.1 Å². The number of anilines is 1. The Balaban J connectivity index is 0.00000264. The highest BCUT2D eigenvalue weighted by Crippen LogP contribution is 2.25. The van der Waals surface area contributed by atoms with E-state index in [1.165, 1.54) is 0 Å². The fourth-order valence-corrected chi connectivity index (χ4v) is 2.70. The molecule has 0 saturated carbocycles. The van der Waals surface area contributed by atoms with E-state index in [-0.39, 0.29) is 18.3 Å². The summed E-state index contributed by atoms with van der Waals surface area (Å²) in [5.41, 5.74) is 10.1. The summed E-state index contributed by atoms with van der Waals surface area (Å²) >= 11 is 0. The molecule has 0 aliphatic heterocycles. The number of carbonyl (C=O) groups excluding carboxylic acids is 1. The zero-order valence-electron chi connectivity index (χ0n) is 13.9. The Morgan fingerprint density at radius 1 is 1.17 bits per heavy atom. The minimum Gasteiger partial charge on any atom is -0.496 e. The zero-order valence-corrected chi connectivity index (χ0v) is 14.7. The number of amides is 1. The molecule has 0 spiro atoms. The highest BCUT2D eigenvalue weighted by atomic mass is 35.5. The third kappa shape index (κ3) is 4.17. The molecule has 5 heteroatoms. The van der Waals surface area contributed by atoms with E-state index in [0.29, 0.717) is 17.8 Å². The highest BCUT2D eigenvalue weighted by molar-refractivity contribution is 5.98. The Morgan fingerprint density at radius 2 is 1.74 bits per heavy atom. The molecule has 0 fully saturated rings. The van der Waals surface area contributed by atoms with Crippen molar-refractivity contribution in [3.05, 3.63) is 58.7 Å². The molecule has 124 valence electrons. The van der Waals surface area contributed by atoms with Gasteiger partial charge in [0.05, 0.1) is 12.7 Å². The van der Waals surface area contributed by atoms with E-state index in [0.717, 1.165) is 22.4 Å². The molecule has 4 nitrogen and oxygen atoms in total. The molecule has 0 heterocycles. The van der Waals surface area contributed by atoms with Crippen LogP contribution in [0.25, 0.3) is 0 Å². The van der Waals surface area contributed by atoms with Crippen molar-refractivity contribution in [2.24, 2.45) is 0 Å². The number of nitrogen functional groups attached to an aromatic ring is 1. The van der Waals surface area contributed by atoms with Gasteiger partial charge in [0.25, 0.3) is 5.91 Å². The number of carbonyl (C=O) groups is 1. The second-order valence-corrected chi connectivity index (χ2v) is 5.51. The summed E-state index contributed by atoms with van der Waals surface area (Å²) in [7, 11) is 3.45. The average molecular weight is 335 g/mol. The number of rotatable bonds is 4. The third-order valence-electron chi connectivity index (χ3n) is 3.68. The Labute approximate surface area is 143 Å². The van der Waals surface area contributed by atoms with Crippen molar-refractivity contribution >= 4 is 24.0 Å². The molecule has 2 N–H and O–H groups in total. The van der Waals surface area contributed by atoms with E-state index in [2.05, 4.69) is 0 Å². The second kappa shape index (κ2) is 7.88. The van der Waals surface area contributed by atoms with Crippen LogP contribution >= 0.6 is 12.4 Å². The van der Waals surface area contributed by atoms with Gasteiger partial charge in [-0.15, -0.1) is 12.4 Å². The lowest BCUT2D eigenvalue weighted by atomic mass is 10.0. The standard InChI is InChI=1S/C18H22N2O2.ClH/c1-12-9-14(10-13(2)17(12)22-4)11-20(3)18(21)15-7-5-6-8-16(15)19;/h5-10H,11,19H2,1-4H3;1H. The monoisotopic (exact) mass is 334 g/mol. The van der Waals surface area contributed by atoms with E-state index < -0.39 is 0 Å². The minimum atomic E-state index is -0.0794. The van der Waals surface area contributed by atoms with Gasteiger partial charge in [-0.3, -0.25) is 4.79 Å². The maximum Gasteiger partial charge on any atom is 0.255 e. The van der Waals surface area contributed by atoms with Crippen LogP contribution in [0.3, 0.4) is 0 Å². The number of nitrogens with zero attached hydrogens (tertiary/aromatic N) is 1. The molecule has 0 aromatic heterocycles. The molecule has 2 aromatic carbocycles. The van der Waals surface area contributed by atoms with Crippen LogP contribution in [0, 0.1) is 13.8 Å². The highest BCUT2D eigenvalue weighted by Gasteiger charge is 2.15. The lowest BCUT2D eigenvalue weighted by Gasteiger charge is -2.20. The van der Waals surface area contributed by atoms with Crippen molar-refractivity contribution in [2.45, 2.75) is 20.4 Å². The fraction of sp³-hybridized carbons (Fsp3) is 0.278. The molecule has 0 saturated heterocycles. The largest absolute Gasteiger partial charge is 0.496 e. The molecular weight excluding hydrogens is 312 g/mol. The number of benzene rings is 2. The number of halogens is 1. The number of nitrogens with two attached hydrogens (primary N) is 1. The predicted octanol–water partition coefficient (Wildman–Crippen LogP) is 3.59. The van der Waals surface area contributed by atoms with Gasteiger partial charge in [0.2, 0.25) is 0 Å². The number of hydrogen-bond donors (Lipinski definition) is 1. The summed E-state index contributed by atoms with van der Waals surface area (Å²) in [6.07, 6.45) is 0. The van der Waals surface area contributed by atoms with Crippen LogP contribution in [-0.2, 0) is 6.54 Å². The first-order valence-corrected chi connectivity index (χ1v) is 7.18. The van der Waals surface area contributed by atoms with Crippen molar-refractivity contribution < 1.29 is 9.53 Å². The van der Waals surface area contributed by atoms with Crippen LogP contribution < -0.4 is 10.5 Å².